The molecule has 1 aromatic heterocycles. The summed E-state index contributed by atoms with van der Waals surface area (Å²) in [6.07, 6.45) is 5.80. The van der Waals surface area contributed by atoms with Gasteiger partial charge in [0.1, 0.15) is 0 Å². The first kappa shape index (κ1) is 15.0. The van der Waals surface area contributed by atoms with Crippen molar-refractivity contribution >= 4 is 23.5 Å². The van der Waals surface area contributed by atoms with Crippen LogP contribution >= 0.6 is 0 Å². The van der Waals surface area contributed by atoms with Gasteiger partial charge in [-0.2, -0.15) is 0 Å². The lowest BCUT2D eigenvalue weighted by molar-refractivity contribution is -0.134. The summed E-state index contributed by atoms with van der Waals surface area (Å²) in [5.41, 5.74) is 0.306. The van der Waals surface area contributed by atoms with Gasteiger partial charge >= 0.3 is 5.97 Å². The summed E-state index contributed by atoms with van der Waals surface area (Å²) in [5, 5.41) is 11.4. The molecular weight excluding hydrogens is 274 g/mol. The molecule has 2 rings (SSSR count). The van der Waals surface area contributed by atoms with Gasteiger partial charge in [0.05, 0.1) is 24.0 Å². The van der Waals surface area contributed by atoms with Crippen molar-refractivity contribution < 1.29 is 19.5 Å². The topological polar surface area (TPSA) is 99.6 Å². The lowest BCUT2D eigenvalue weighted by Crippen LogP contribution is -2.37. The van der Waals surface area contributed by atoms with Crippen LogP contribution in [0.4, 0.5) is 5.69 Å². The van der Waals surface area contributed by atoms with Gasteiger partial charge in [0.2, 0.25) is 11.8 Å². The van der Waals surface area contributed by atoms with Crippen LogP contribution in [0.3, 0.4) is 0 Å². The van der Waals surface area contributed by atoms with E-state index in [0.29, 0.717) is 18.7 Å². The summed E-state index contributed by atoms with van der Waals surface area (Å²) >= 11 is 0. The molecule has 0 aromatic carbocycles. The number of likely N-dealkylation sites (tertiary alicyclic amines) is 1. The van der Waals surface area contributed by atoms with E-state index in [2.05, 4.69) is 10.3 Å². The molecule has 1 aromatic rings. The van der Waals surface area contributed by atoms with Crippen LogP contribution in [-0.2, 0) is 9.59 Å². The second-order valence-corrected chi connectivity index (χ2v) is 4.94. The maximum Gasteiger partial charge on any atom is 0.337 e. The van der Waals surface area contributed by atoms with E-state index in [0.717, 1.165) is 19.3 Å². The minimum absolute atomic E-state index is 0.00125. The van der Waals surface area contributed by atoms with E-state index >= 15 is 0 Å². The predicted octanol–water partition coefficient (Wildman–Crippen LogP) is 1.12. The first-order valence-electron chi connectivity index (χ1n) is 6.82. The van der Waals surface area contributed by atoms with Crippen molar-refractivity contribution in [1.82, 2.24) is 9.88 Å². The van der Waals surface area contributed by atoms with E-state index in [-0.39, 0.29) is 23.9 Å². The zero-order valence-corrected chi connectivity index (χ0v) is 11.5. The minimum atomic E-state index is -1.11. The number of carboxylic acid groups (broad SMARTS) is 1. The third-order valence-corrected chi connectivity index (χ3v) is 3.27. The molecule has 2 N–H and O–H groups in total. The number of hydrogen-bond donors (Lipinski definition) is 2. The quantitative estimate of drug-likeness (QED) is 0.866. The molecule has 21 heavy (non-hydrogen) atoms. The van der Waals surface area contributed by atoms with Crippen molar-refractivity contribution in [3.8, 4) is 0 Å². The standard InChI is InChI=1S/C14H17N3O4/c18-12(9-17-5-3-1-2-4-13(17)19)16-11-6-10(14(20)21)7-15-8-11/h6-8H,1-5,9H2,(H,16,18)(H,20,21). The smallest absolute Gasteiger partial charge is 0.337 e. The lowest BCUT2D eigenvalue weighted by atomic mass is 10.2. The number of carboxylic acids is 1. The third-order valence-electron chi connectivity index (χ3n) is 3.27. The average molecular weight is 291 g/mol. The summed E-state index contributed by atoms with van der Waals surface area (Å²) < 4.78 is 0. The molecule has 0 saturated carbocycles. The van der Waals surface area contributed by atoms with Crippen molar-refractivity contribution in [2.24, 2.45) is 0 Å². The summed E-state index contributed by atoms with van der Waals surface area (Å²) in [5.74, 6) is -1.48. The second-order valence-electron chi connectivity index (χ2n) is 4.94. The fourth-order valence-electron chi connectivity index (χ4n) is 2.20. The number of rotatable bonds is 4. The Morgan fingerprint density at radius 1 is 1.29 bits per heavy atom. The number of nitrogens with one attached hydrogen (secondary N) is 1. The number of aromatic carboxylic acids is 1. The number of hydrogen-bond acceptors (Lipinski definition) is 4. The highest BCUT2D eigenvalue weighted by Crippen LogP contribution is 2.12. The van der Waals surface area contributed by atoms with Crippen LogP contribution < -0.4 is 5.32 Å². The molecule has 7 nitrogen and oxygen atoms in total. The van der Waals surface area contributed by atoms with Crippen LogP contribution in [0.25, 0.3) is 0 Å². The Morgan fingerprint density at radius 3 is 2.86 bits per heavy atom. The molecule has 1 fully saturated rings. The number of pyridine rings is 1. The van der Waals surface area contributed by atoms with Crippen molar-refractivity contribution in [2.75, 3.05) is 18.4 Å². The highest BCUT2D eigenvalue weighted by molar-refractivity contribution is 5.96. The molecule has 1 aliphatic heterocycles. The number of anilines is 1. The third kappa shape index (κ3) is 4.27. The van der Waals surface area contributed by atoms with Crippen LogP contribution in [0.5, 0.6) is 0 Å². The van der Waals surface area contributed by atoms with E-state index in [9.17, 15) is 14.4 Å². The van der Waals surface area contributed by atoms with Gasteiger partial charge in [0.25, 0.3) is 0 Å². The van der Waals surface area contributed by atoms with Gasteiger partial charge in [-0.05, 0) is 18.9 Å². The number of carbonyl (C=O) groups excluding carboxylic acids is 2. The highest BCUT2D eigenvalue weighted by atomic mass is 16.4. The van der Waals surface area contributed by atoms with E-state index in [1.807, 2.05) is 0 Å². The molecule has 0 bridgehead atoms. The lowest BCUT2D eigenvalue weighted by Gasteiger charge is -2.19. The summed E-state index contributed by atoms with van der Waals surface area (Å²) in [6, 6.07) is 1.33. The van der Waals surface area contributed by atoms with Crippen LogP contribution in [0.2, 0.25) is 0 Å². The molecule has 0 aliphatic carbocycles. The van der Waals surface area contributed by atoms with Gasteiger partial charge < -0.3 is 15.3 Å². The Balaban J connectivity index is 1.96. The fourth-order valence-corrected chi connectivity index (χ4v) is 2.20. The molecule has 0 radical (unpaired) electrons. The number of aromatic nitrogens is 1. The number of nitrogens with zero attached hydrogens (tertiary/aromatic N) is 2. The van der Waals surface area contributed by atoms with Crippen LogP contribution in [-0.4, -0.2) is 45.9 Å². The van der Waals surface area contributed by atoms with Gasteiger partial charge in [0.15, 0.2) is 0 Å². The Kier molecular flexibility index (Phi) is 4.86. The van der Waals surface area contributed by atoms with E-state index in [1.54, 1.807) is 0 Å². The first-order valence-corrected chi connectivity index (χ1v) is 6.82. The van der Waals surface area contributed by atoms with Crippen molar-refractivity contribution in [3.05, 3.63) is 24.0 Å². The minimum Gasteiger partial charge on any atom is -0.478 e. The SMILES string of the molecule is O=C(CN1CCCCCC1=O)Nc1cncc(C(=O)O)c1. The highest BCUT2D eigenvalue weighted by Gasteiger charge is 2.19. The van der Waals surface area contributed by atoms with E-state index in [4.69, 9.17) is 5.11 Å². The summed E-state index contributed by atoms with van der Waals surface area (Å²) in [6.45, 7) is 0.565. The van der Waals surface area contributed by atoms with Crippen LogP contribution in [0.15, 0.2) is 18.5 Å². The largest absolute Gasteiger partial charge is 0.478 e. The van der Waals surface area contributed by atoms with Crippen LogP contribution in [0, 0.1) is 0 Å². The molecule has 0 spiro atoms. The molecule has 0 unspecified atom stereocenters. The predicted molar refractivity (Wildman–Crippen MR) is 74.9 cm³/mol. The summed E-state index contributed by atoms with van der Waals surface area (Å²) in [7, 11) is 0. The maximum atomic E-state index is 11.9. The molecule has 2 amide bonds. The molecule has 1 aliphatic rings. The molecule has 112 valence electrons. The first-order chi connectivity index (χ1) is 10.1. The van der Waals surface area contributed by atoms with Crippen molar-refractivity contribution in [1.29, 1.82) is 0 Å². The van der Waals surface area contributed by atoms with Gasteiger partial charge in [0, 0.05) is 19.2 Å². The Bertz CT molecular complexity index is 559. The van der Waals surface area contributed by atoms with Crippen molar-refractivity contribution in [3.63, 3.8) is 0 Å². The van der Waals surface area contributed by atoms with E-state index < -0.39 is 5.97 Å². The Morgan fingerprint density at radius 2 is 2.10 bits per heavy atom. The van der Waals surface area contributed by atoms with Crippen LogP contribution in [0.1, 0.15) is 36.0 Å². The number of amides is 2. The monoisotopic (exact) mass is 291 g/mol. The fraction of sp³-hybridized carbons (Fsp3) is 0.429. The average Bonchev–Trinajstić information content (AvgIpc) is 2.64. The molecule has 0 atom stereocenters. The molecular formula is C14H17N3O4. The maximum absolute atomic E-state index is 11.9. The van der Waals surface area contributed by atoms with E-state index in [1.165, 1.54) is 23.4 Å². The molecule has 7 heteroatoms. The molecule has 1 saturated heterocycles. The Labute approximate surface area is 122 Å². The van der Waals surface area contributed by atoms with Gasteiger partial charge in [-0.1, -0.05) is 6.42 Å². The molecule has 2 heterocycles. The summed E-state index contributed by atoms with van der Waals surface area (Å²) in [4.78, 5) is 39.9. The van der Waals surface area contributed by atoms with Crippen molar-refractivity contribution in [2.45, 2.75) is 25.7 Å². The second kappa shape index (κ2) is 6.83. The zero-order chi connectivity index (χ0) is 15.2. The van der Waals surface area contributed by atoms with Gasteiger partial charge in [-0.15, -0.1) is 0 Å². The Hall–Kier alpha value is -2.44. The normalized spacial score (nSPS) is 15.4. The zero-order valence-electron chi connectivity index (χ0n) is 11.5. The van der Waals surface area contributed by atoms with Gasteiger partial charge in [-0.25, -0.2) is 4.79 Å². The number of carbonyl (C=O) groups is 3. The van der Waals surface area contributed by atoms with Gasteiger partial charge in [-0.3, -0.25) is 14.6 Å².